The third-order valence-electron chi connectivity index (χ3n) is 7.56. The number of rotatable bonds is 11. The van der Waals surface area contributed by atoms with Gasteiger partial charge in [-0.2, -0.15) is 0 Å². The zero-order valence-corrected chi connectivity index (χ0v) is 24.6. The van der Waals surface area contributed by atoms with Gasteiger partial charge >= 0.3 is 0 Å². The molecule has 1 aliphatic rings. The standard InChI is InChI=1S/C29H38N6O2.C2H6/c1-6-7-10-22(33(2)3)17-31-29(36)21-14-23-26(25(16-21)37-5)34(4)28(32-23)24-15-20-9-8-13-30-27(20)35(24)18-19-11-12-19;1-2/h8-9,13-16,19,22H,6-7,10-12,17-18H2,1-5H3,(H,31,36);1-2H3/t22-;/m1./s1. The van der Waals surface area contributed by atoms with Crippen LogP contribution in [0.1, 0.15) is 63.2 Å². The molecule has 0 bridgehead atoms. The van der Waals surface area contributed by atoms with E-state index in [1.54, 1.807) is 7.11 Å². The van der Waals surface area contributed by atoms with Crippen molar-refractivity contribution >= 4 is 28.0 Å². The summed E-state index contributed by atoms with van der Waals surface area (Å²) in [6.07, 6.45) is 7.70. The molecule has 1 N–H and O–H groups in total. The predicted octanol–water partition coefficient (Wildman–Crippen LogP) is 5.89. The molecule has 4 aromatic rings. The summed E-state index contributed by atoms with van der Waals surface area (Å²) in [5.41, 5.74) is 4.20. The van der Waals surface area contributed by atoms with Crippen molar-refractivity contribution in [3.05, 3.63) is 42.1 Å². The van der Waals surface area contributed by atoms with E-state index in [0.717, 1.165) is 59.4 Å². The van der Waals surface area contributed by atoms with Gasteiger partial charge in [-0.25, -0.2) is 9.97 Å². The molecule has 210 valence electrons. The fraction of sp³-hybridized carbons (Fsp3) is 0.516. The van der Waals surface area contributed by atoms with Gasteiger partial charge in [0, 0.05) is 43.3 Å². The van der Waals surface area contributed by atoms with Crippen LogP contribution in [0.5, 0.6) is 5.75 Å². The molecule has 0 spiro atoms. The van der Waals surface area contributed by atoms with Gasteiger partial charge in [-0.15, -0.1) is 0 Å². The summed E-state index contributed by atoms with van der Waals surface area (Å²) in [6, 6.07) is 10.2. The van der Waals surface area contributed by atoms with Gasteiger partial charge in [0.2, 0.25) is 0 Å². The van der Waals surface area contributed by atoms with Gasteiger partial charge in [-0.05, 0) is 69.6 Å². The second kappa shape index (κ2) is 12.6. The van der Waals surface area contributed by atoms with E-state index < -0.39 is 0 Å². The molecule has 1 atom stereocenters. The first-order chi connectivity index (χ1) is 18.9. The van der Waals surface area contributed by atoms with Crippen molar-refractivity contribution < 1.29 is 9.53 Å². The highest BCUT2D eigenvalue weighted by Gasteiger charge is 2.26. The molecule has 0 saturated heterocycles. The second-order valence-electron chi connectivity index (χ2n) is 10.5. The minimum Gasteiger partial charge on any atom is -0.494 e. The average molecular weight is 533 g/mol. The number of methoxy groups -OCH3 is 1. The molecule has 1 aliphatic carbocycles. The minimum absolute atomic E-state index is 0.109. The van der Waals surface area contributed by atoms with Crippen molar-refractivity contribution in [3.8, 4) is 17.3 Å². The zero-order chi connectivity index (χ0) is 28.1. The number of carbonyl (C=O) groups excluding carboxylic acids is 1. The van der Waals surface area contributed by atoms with Crippen LogP contribution in [0.3, 0.4) is 0 Å². The van der Waals surface area contributed by atoms with E-state index in [1.807, 2.05) is 45.3 Å². The van der Waals surface area contributed by atoms with E-state index in [4.69, 9.17) is 9.72 Å². The highest BCUT2D eigenvalue weighted by atomic mass is 16.5. The quantitative estimate of drug-likeness (QED) is 0.261. The lowest BCUT2D eigenvalue weighted by molar-refractivity contribution is 0.0940. The number of likely N-dealkylation sites (N-methyl/N-ethyl adjacent to an activating group) is 1. The Kier molecular flexibility index (Phi) is 9.28. The van der Waals surface area contributed by atoms with Crippen molar-refractivity contribution in [2.24, 2.45) is 13.0 Å². The number of pyridine rings is 1. The Morgan fingerprint density at radius 2 is 2.00 bits per heavy atom. The number of hydrogen-bond acceptors (Lipinski definition) is 5. The lowest BCUT2D eigenvalue weighted by Crippen LogP contribution is -2.40. The maximum Gasteiger partial charge on any atom is 0.251 e. The number of imidazole rings is 1. The number of aryl methyl sites for hydroxylation is 1. The van der Waals surface area contributed by atoms with Gasteiger partial charge in [0.25, 0.3) is 5.91 Å². The van der Waals surface area contributed by atoms with E-state index in [9.17, 15) is 4.79 Å². The molecule has 0 unspecified atom stereocenters. The number of fused-ring (bicyclic) bond motifs is 2. The van der Waals surface area contributed by atoms with Crippen molar-refractivity contribution in [3.63, 3.8) is 0 Å². The van der Waals surface area contributed by atoms with Crippen LogP contribution in [0.2, 0.25) is 0 Å². The highest BCUT2D eigenvalue weighted by Crippen LogP contribution is 2.37. The molecule has 0 aliphatic heterocycles. The number of nitrogens with one attached hydrogen (secondary N) is 1. The Labute approximate surface area is 232 Å². The Bertz CT molecular complexity index is 1420. The molecule has 1 fully saturated rings. The smallest absolute Gasteiger partial charge is 0.251 e. The summed E-state index contributed by atoms with van der Waals surface area (Å²) in [5.74, 6) is 2.07. The summed E-state index contributed by atoms with van der Waals surface area (Å²) in [6.45, 7) is 7.73. The second-order valence-corrected chi connectivity index (χ2v) is 10.5. The maximum atomic E-state index is 13.2. The fourth-order valence-electron chi connectivity index (χ4n) is 5.14. The Morgan fingerprint density at radius 3 is 2.67 bits per heavy atom. The molecular formula is C31H44N6O2. The molecule has 8 nitrogen and oxygen atoms in total. The lowest BCUT2D eigenvalue weighted by Gasteiger charge is -2.24. The number of nitrogens with zero attached hydrogens (tertiary/aromatic N) is 5. The minimum atomic E-state index is -0.109. The van der Waals surface area contributed by atoms with Crippen molar-refractivity contribution in [1.82, 2.24) is 29.3 Å². The number of aromatic nitrogens is 4. The van der Waals surface area contributed by atoms with E-state index in [0.29, 0.717) is 29.8 Å². The summed E-state index contributed by atoms with van der Waals surface area (Å²) < 4.78 is 10.1. The summed E-state index contributed by atoms with van der Waals surface area (Å²) in [4.78, 5) is 25.1. The molecular weight excluding hydrogens is 488 g/mol. The third-order valence-corrected chi connectivity index (χ3v) is 7.56. The van der Waals surface area contributed by atoms with Gasteiger partial charge in [-0.3, -0.25) is 4.79 Å². The first kappa shape index (κ1) is 28.6. The van der Waals surface area contributed by atoms with Crippen molar-refractivity contribution in [2.75, 3.05) is 27.7 Å². The van der Waals surface area contributed by atoms with E-state index >= 15 is 0 Å². The van der Waals surface area contributed by atoms with Crippen LogP contribution in [-0.4, -0.2) is 63.7 Å². The van der Waals surface area contributed by atoms with Crippen LogP contribution >= 0.6 is 0 Å². The first-order valence-electron chi connectivity index (χ1n) is 14.3. The van der Waals surface area contributed by atoms with Crippen molar-refractivity contribution in [2.45, 2.75) is 65.5 Å². The molecule has 39 heavy (non-hydrogen) atoms. The van der Waals surface area contributed by atoms with Gasteiger partial charge in [0.05, 0.1) is 18.3 Å². The molecule has 1 saturated carbocycles. The normalized spacial score (nSPS) is 13.9. The number of unbranched alkanes of at least 4 members (excludes halogenated alkanes) is 1. The van der Waals surface area contributed by atoms with Gasteiger partial charge in [0.1, 0.15) is 16.9 Å². The van der Waals surface area contributed by atoms with E-state index in [-0.39, 0.29) is 5.91 Å². The molecule has 5 rings (SSSR count). The monoisotopic (exact) mass is 532 g/mol. The van der Waals surface area contributed by atoms with E-state index in [1.165, 1.54) is 12.8 Å². The molecule has 8 heteroatoms. The number of amides is 1. The highest BCUT2D eigenvalue weighted by molar-refractivity contribution is 6.00. The van der Waals surface area contributed by atoms with Gasteiger partial charge in [0.15, 0.2) is 5.82 Å². The Morgan fingerprint density at radius 1 is 1.23 bits per heavy atom. The molecule has 3 heterocycles. The third kappa shape index (κ3) is 6.11. The zero-order valence-electron chi connectivity index (χ0n) is 24.6. The number of ether oxygens (including phenoxy) is 1. The van der Waals surface area contributed by atoms with E-state index in [2.05, 4.69) is 57.5 Å². The fourth-order valence-corrected chi connectivity index (χ4v) is 5.14. The Balaban J connectivity index is 0.00000172. The largest absolute Gasteiger partial charge is 0.494 e. The summed E-state index contributed by atoms with van der Waals surface area (Å²) >= 11 is 0. The van der Waals surface area contributed by atoms with Crippen LogP contribution in [0, 0.1) is 5.92 Å². The van der Waals surface area contributed by atoms with Crippen LogP contribution in [-0.2, 0) is 13.6 Å². The predicted molar refractivity (Wildman–Crippen MR) is 159 cm³/mol. The number of hydrogen-bond donors (Lipinski definition) is 1. The maximum absolute atomic E-state index is 13.2. The summed E-state index contributed by atoms with van der Waals surface area (Å²) in [7, 11) is 7.78. The molecule has 3 aromatic heterocycles. The number of carbonyl (C=O) groups is 1. The molecule has 1 aromatic carbocycles. The van der Waals surface area contributed by atoms with Gasteiger partial charge < -0.3 is 24.1 Å². The molecule has 0 radical (unpaired) electrons. The van der Waals surface area contributed by atoms with Crippen molar-refractivity contribution in [1.29, 1.82) is 0 Å². The summed E-state index contributed by atoms with van der Waals surface area (Å²) in [5, 5.41) is 4.24. The van der Waals surface area contributed by atoms with Crippen LogP contribution < -0.4 is 10.1 Å². The Hall–Kier alpha value is -3.39. The first-order valence-corrected chi connectivity index (χ1v) is 14.3. The van der Waals surface area contributed by atoms with Crippen LogP contribution in [0.25, 0.3) is 33.6 Å². The van der Waals surface area contributed by atoms with Crippen LogP contribution in [0.15, 0.2) is 36.5 Å². The average Bonchev–Trinajstić information content (AvgIpc) is 3.62. The van der Waals surface area contributed by atoms with Gasteiger partial charge in [-0.1, -0.05) is 33.6 Å². The SMILES string of the molecule is CC.CCCC[C@H](CNC(=O)c1cc(OC)c2c(c1)nc(-c1cc3cccnc3n1CC1CC1)n2C)N(C)C. The number of benzene rings is 1. The van der Waals surface area contributed by atoms with Crippen LogP contribution in [0.4, 0.5) is 0 Å². The topological polar surface area (TPSA) is 77.2 Å². The molecule has 1 amide bonds. The lowest BCUT2D eigenvalue weighted by atomic mass is 10.1.